The third-order valence-electron chi connectivity index (χ3n) is 5.88. The number of hydrogen-bond donors (Lipinski definition) is 4. The van der Waals surface area contributed by atoms with Crippen molar-refractivity contribution in [2.45, 2.75) is 31.7 Å². The molecule has 0 aliphatic heterocycles. The zero-order valence-corrected chi connectivity index (χ0v) is 19.6. The van der Waals surface area contributed by atoms with E-state index in [0.717, 1.165) is 23.0 Å². The summed E-state index contributed by atoms with van der Waals surface area (Å²) >= 11 is 0. The summed E-state index contributed by atoms with van der Waals surface area (Å²) in [5.74, 6) is -1.68. The Hall–Kier alpha value is -4.10. The van der Waals surface area contributed by atoms with Gasteiger partial charge in [-0.15, -0.1) is 0 Å². The molecule has 194 valence electrons. The number of nitrogens with zero attached hydrogens (tertiary/aromatic N) is 4. The second-order valence-electron chi connectivity index (χ2n) is 8.70. The van der Waals surface area contributed by atoms with Gasteiger partial charge in [0.1, 0.15) is 29.4 Å². The SMILES string of the molecule is Cc1ncc(-c2cc(C(F)(F)F)c3c(N)ncnn23)cc1C(=O)NCC(C)(O)C(O)c1cccc(F)c1. The molecule has 0 fully saturated rings. The monoisotopic (exact) mass is 518 g/mol. The number of benzene rings is 1. The predicted molar refractivity (Wildman–Crippen MR) is 125 cm³/mol. The number of nitrogens with one attached hydrogen (secondary N) is 1. The topological polar surface area (TPSA) is 139 Å². The zero-order chi connectivity index (χ0) is 27.1. The zero-order valence-electron chi connectivity index (χ0n) is 19.6. The van der Waals surface area contributed by atoms with Crippen molar-refractivity contribution in [1.29, 1.82) is 0 Å². The molecule has 0 radical (unpaired) electrons. The Kier molecular flexibility index (Phi) is 6.60. The van der Waals surface area contributed by atoms with E-state index >= 15 is 0 Å². The average molecular weight is 518 g/mol. The normalized spacial score (nSPS) is 14.4. The quantitative estimate of drug-likeness (QED) is 0.288. The van der Waals surface area contributed by atoms with Crippen LogP contribution in [0.2, 0.25) is 0 Å². The number of rotatable bonds is 6. The number of aromatic nitrogens is 4. The van der Waals surface area contributed by atoms with Gasteiger partial charge in [-0.25, -0.2) is 13.9 Å². The lowest BCUT2D eigenvalue weighted by molar-refractivity contribution is -0.136. The molecule has 3 aromatic heterocycles. The van der Waals surface area contributed by atoms with E-state index in [1.807, 2.05) is 0 Å². The van der Waals surface area contributed by atoms with Crippen LogP contribution in [-0.4, -0.2) is 47.8 Å². The third-order valence-corrected chi connectivity index (χ3v) is 5.88. The molecule has 9 nitrogen and oxygen atoms in total. The lowest BCUT2D eigenvalue weighted by Gasteiger charge is -2.29. The van der Waals surface area contributed by atoms with E-state index in [-0.39, 0.29) is 33.9 Å². The van der Waals surface area contributed by atoms with Gasteiger partial charge in [-0.3, -0.25) is 9.78 Å². The Morgan fingerprint density at radius 1 is 1.22 bits per heavy atom. The fourth-order valence-corrected chi connectivity index (χ4v) is 3.88. The van der Waals surface area contributed by atoms with Gasteiger partial charge in [-0.05, 0) is 43.7 Å². The van der Waals surface area contributed by atoms with Crippen molar-refractivity contribution < 1.29 is 32.6 Å². The summed E-state index contributed by atoms with van der Waals surface area (Å²) in [5.41, 5.74) is 2.84. The van der Waals surface area contributed by atoms with Gasteiger partial charge in [-0.1, -0.05) is 12.1 Å². The van der Waals surface area contributed by atoms with Crippen molar-refractivity contribution in [1.82, 2.24) is 24.9 Å². The van der Waals surface area contributed by atoms with E-state index < -0.39 is 47.2 Å². The number of carbonyl (C=O) groups is 1. The van der Waals surface area contributed by atoms with Crippen LogP contribution in [0.5, 0.6) is 0 Å². The molecule has 0 spiro atoms. The maximum Gasteiger partial charge on any atom is 0.418 e. The van der Waals surface area contributed by atoms with Crippen LogP contribution in [0.25, 0.3) is 16.8 Å². The number of aliphatic hydroxyl groups is 2. The minimum absolute atomic E-state index is 0.0130. The van der Waals surface area contributed by atoms with E-state index in [2.05, 4.69) is 20.4 Å². The van der Waals surface area contributed by atoms with E-state index in [1.165, 1.54) is 44.3 Å². The molecule has 1 aromatic carbocycles. The summed E-state index contributed by atoms with van der Waals surface area (Å²) in [6, 6.07) is 7.21. The average Bonchev–Trinajstić information content (AvgIpc) is 3.24. The minimum atomic E-state index is -4.74. The van der Waals surface area contributed by atoms with Crippen LogP contribution in [0, 0.1) is 12.7 Å². The molecule has 4 rings (SSSR count). The molecule has 2 unspecified atom stereocenters. The molecule has 37 heavy (non-hydrogen) atoms. The second kappa shape index (κ2) is 9.41. The number of anilines is 1. The van der Waals surface area contributed by atoms with Crippen LogP contribution < -0.4 is 11.1 Å². The van der Waals surface area contributed by atoms with Gasteiger partial charge in [0.15, 0.2) is 5.82 Å². The molecule has 3 heterocycles. The Balaban J connectivity index is 1.63. The van der Waals surface area contributed by atoms with Crippen LogP contribution in [0.3, 0.4) is 0 Å². The summed E-state index contributed by atoms with van der Waals surface area (Å²) in [4.78, 5) is 20.7. The number of carbonyl (C=O) groups excluding carboxylic acids is 1. The van der Waals surface area contributed by atoms with Crippen LogP contribution in [0.4, 0.5) is 23.4 Å². The molecule has 0 saturated carbocycles. The number of halogens is 4. The first kappa shape index (κ1) is 26.0. The first-order chi connectivity index (χ1) is 17.3. The number of alkyl halides is 3. The molecule has 2 atom stereocenters. The number of nitrogen functional groups attached to an aromatic ring is 1. The maximum absolute atomic E-state index is 13.7. The van der Waals surface area contributed by atoms with Gasteiger partial charge < -0.3 is 21.3 Å². The molecule has 0 bridgehead atoms. The third kappa shape index (κ3) is 5.08. The lowest BCUT2D eigenvalue weighted by atomic mass is 9.92. The molecule has 5 N–H and O–H groups in total. The van der Waals surface area contributed by atoms with Crippen molar-refractivity contribution in [2.24, 2.45) is 0 Å². The number of hydrogen-bond acceptors (Lipinski definition) is 7. The highest BCUT2D eigenvalue weighted by Crippen LogP contribution is 2.38. The largest absolute Gasteiger partial charge is 0.418 e. The van der Waals surface area contributed by atoms with Crippen LogP contribution >= 0.6 is 0 Å². The van der Waals surface area contributed by atoms with Gasteiger partial charge in [0, 0.05) is 18.3 Å². The van der Waals surface area contributed by atoms with Crippen molar-refractivity contribution >= 4 is 17.2 Å². The number of nitrogens with two attached hydrogens (primary N) is 1. The van der Waals surface area contributed by atoms with Crippen molar-refractivity contribution in [3.8, 4) is 11.3 Å². The molecule has 0 saturated heterocycles. The second-order valence-corrected chi connectivity index (χ2v) is 8.70. The van der Waals surface area contributed by atoms with Gasteiger partial charge in [-0.2, -0.15) is 18.3 Å². The Labute approximate surface area is 207 Å². The standard InChI is InChI=1S/C24H22F4N6O3/c1-12-16(22(36)31-10-23(2,37)20(35)13-4-3-5-15(25)6-13)7-14(9-30-12)18-8-17(24(26,27)28)19-21(29)32-11-33-34(18)19/h3-9,11,20,35,37H,10H2,1-2H3,(H,31,36)(H2,29,32,33). The van der Waals surface area contributed by atoms with Gasteiger partial charge in [0.2, 0.25) is 0 Å². The number of pyridine rings is 1. The molecule has 0 aliphatic rings. The molecule has 1 amide bonds. The summed E-state index contributed by atoms with van der Waals surface area (Å²) in [6.07, 6.45) is -3.97. The van der Waals surface area contributed by atoms with Crippen LogP contribution in [-0.2, 0) is 6.18 Å². The number of aliphatic hydroxyl groups excluding tert-OH is 1. The first-order valence-corrected chi connectivity index (χ1v) is 10.9. The Morgan fingerprint density at radius 3 is 2.62 bits per heavy atom. The van der Waals surface area contributed by atoms with E-state index in [9.17, 15) is 32.6 Å². The fraction of sp³-hybridized carbons (Fsp3) is 0.250. The molecule has 4 aromatic rings. The van der Waals surface area contributed by atoms with Gasteiger partial charge in [0.05, 0.1) is 22.5 Å². The predicted octanol–water partition coefficient (Wildman–Crippen LogP) is 3.05. The van der Waals surface area contributed by atoms with Crippen molar-refractivity contribution in [3.05, 3.63) is 77.1 Å². The van der Waals surface area contributed by atoms with Gasteiger partial charge >= 0.3 is 6.18 Å². The summed E-state index contributed by atoms with van der Waals surface area (Å²) in [7, 11) is 0. The summed E-state index contributed by atoms with van der Waals surface area (Å²) in [5, 5.41) is 27.6. The van der Waals surface area contributed by atoms with Gasteiger partial charge in [0.25, 0.3) is 5.91 Å². The minimum Gasteiger partial charge on any atom is -0.385 e. The number of aryl methyl sites for hydroxylation is 1. The van der Waals surface area contributed by atoms with E-state index in [0.29, 0.717) is 0 Å². The highest BCUT2D eigenvalue weighted by molar-refractivity contribution is 5.96. The van der Waals surface area contributed by atoms with E-state index in [1.54, 1.807) is 0 Å². The van der Waals surface area contributed by atoms with E-state index in [4.69, 9.17) is 5.73 Å². The summed E-state index contributed by atoms with van der Waals surface area (Å²) in [6.45, 7) is 2.36. The number of fused-ring (bicyclic) bond motifs is 1. The maximum atomic E-state index is 13.7. The summed E-state index contributed by atoms with van der Waals surface area (Å²) < 4.78 is 55.4. The lowest BCUT2D eigenvalue weighted by Crippen LogP contribution is -2.45. The highest BCUT2D eigenvalue weighted by Gasteiger charge is 2.37. The van der Waals surface area contributed by atoms with Crippen LogP contribution in [0.15, 0.2) is 48.9 Å². The Morgan fingerprint density at radius 2 is 1.95 bits per heavy atom. The molecule has 0 aliphatic carbocycles. The van der Waals surface area contributed by atoms with Crippen molar-refractivity contribution in [3.63, 3.8) is 0 Å². The molecule has 13 heteroatoms. The smallest absolute Gasteiger partial charge is 0.385 e. The number of amides is 1. The highest BCUT2D eigenvalue weighted by atomic mass is 19.4. The van der Waals surface area contributed by atoms with Crippen molar-refractivity contribution in [2.75, 3.05) is 12.3 Å². The molecular formula is C24H22F4N6O3. The van der Waals surface area contributed by atoms with Crippen LogP contribution in [0.1, 0.15) is 40.2 Å². The Bertz CT molecular complexity index is 1490. The fourth-order valence-electron chi connectivity index (χ4n) is 3.88. The molecular weight excluding hydrogens is 496 g/mol. The first-order valence-electron chi connectivity index (χ1n) is 10.9.